The molecule has 4 aromatic rings. The first kappa shape index (κ1) is 20.6. The van der Waals surface area contributed by atoms with E-state index in [0.717, 1.165) is 33.7 Å². The summed E-state index contributed by atoms with van der Waals surface area (Å²) in [4.78, 5) is 4.46. The molecule has 0 bridgehead atoms. The van der Waals surface area contributed by atoms with Crippen LogP contribution in [0.4, 0.5) is 5.95 Å². The van der Waals surface area contributed by atoms with Crippen LogP contribution in [-0.4, -0.2) is 29.0 Å². The van der Waals surface area contributed by atoms with Crippen LogP contribution >= 0.6 is 11.6 Å². The normalized spacial score (nSPS) is 18.2. The molecular formula is C26H21ClN4O3. The van der Waals surface area contributed by atoms with Crippen LogP contribution < -0.4 is 19.5 Å². The third kappa shape index (κ3) is 3.20. The maximum Gasteiger partial charge on any atom is 0.226 e. The molecule has 8 heteroatoms. The van der Waals surface area contributed by atoms with E-state index in [9.17, 15) is 0 Å². The largest absolute Gasteiger partial charge is 0.493 e. The standard InChI is InChI=1S/C26H21ClN4O3/c1-32-20-10-8-16(12-21(20)33-2)25-22-23(18-13-17(27)9-11-19(18)34-25)30-26-28-14-29-31(26)24(22)15-6-4-3-5-7-15/h3-14,24-25H,1-2H3,(H,28,29,30)/t24-,25+/m0/s1. The summed E-state index contributed by atoms with van der Waals surface area (Å²) in [5.41, 5.74) is 4.80. The Morgan fingerprint density at radius 3 is 2.56 bits per heavy atom. The SMILES string of the molecule is COc1ccc([C@H]2Oc3ccc(Cl)cc3C3=C2[C@H](c2ccccc2)n2ncnc2N3)cc1OC. The van der Waals surface area contributed by atoms with Crippen molar-refractivity contribution >= 4 is 23.2 Å². The molecule has 0 saturated heterocycles. The van der Waals surface area contributed by atoms with E-state index in [1.54, 1.807) is 20.5 Å². The monoisotopic (exact) mass is 472 g/mol. The van der Waals surface area contributed by atoms with Crippen molar-refractivity contribution in [1.82, 2.24) is 14.8 Å². The summed E-state index contributed by atoms with van der Waals surface area (Å²) < 4.78 is 19.6. The number of nitrogens with one attached hydrogen (secondary N) is 1. The van der Waals surface area contributed by atoms with E-state index in [2.05, 4.69) is 27.5 Å². The summed E-state index contributed by atoms with van der Waals surface area (Å²) in [5.74, 6) is 2.68. The molecule has 0 amide bonds. The zero-order valence-corrected chi connectivity index (χ0v) is 19.3. The predicted octanol–water partition coefficient (Wildman–Crippen LogP) is 5.51. The molecular weight excluding hydrogens is 452 g/mol. The molecule has 2 aliphatic rings. The first-order valence-electron chi connectivity index (χ1n) is 10.8. The average Bonchev–Trinajstić information content (AvgIpc) is 3.35. The minimum absolute atomic E-state index is 0.236. The number of hydrogen-bond acceptors (Lipinski definition) is 6. The Hall–Kier alpha value is -3.97. The second-order valence-corrected chi connectivity index (χ2v) is 8.49. The van der Waals surface area contributed by atoms with E-state index in [0.29, 0.717) is 22.5 Å². The number of nitrogens with zero attached hydrogens (tertiary/aromatic N) is 3. The Kier molecular flexibility index (Phi) is 4.92. The van der Waals surface area contributed by atoms with Gasteiger partial charge in [0.25, 0.3) is 0 Å². The number of methoxy groups -OCH3 is 2. The highest BCUT2D eigenvalue weighted by molar-refractivity contribution is 6.30. The fourth-order valence-electron chi connectivity index (χ4n) is 4.69. The second-order valence-electron chi connectivity index (χ2n) is 8.05. The van der Waals surface area contributed by atoms with Gasteiger partial charge in [-0.25, -0.2) is 4.68 Å². The van der Waals surface area contributed by atoms with Crippen LogP contribution in [0.15, 0.2) is 78.6 Å². The number of rotatable bonds is 4. The highest BCUT2D eigenvalue weighted by Gasteiger charge is 2.41. The lowest BCUT2D eigenvalue weighted by molar-refractivity contribution is 0.222. The summed E-state index contributed by atoms with van der Waals surface area (Å²) in [6.07, 6.45) is 1.14. The molecule has 0 fully saturated rings. The Bertz CT molecular complexity index is 1420. The molecule has 0 saturated carbocycles. The quantitative estimate of drug-likeness (QED) is 0.422. The number of aromatic nitrogens is 3. The van der Waals surface area contributed by atoms with Crippen molar-refractivity contribution in [1.29, 1.82) is 0 Å². The summed E-state index contributed by atoms with van der Waals surface area (Å²) in [6.45, 7) is 0. The van der Waals surface area contributed by atoms with Crippen LogP contribution in [0.3, 0.4) is 0 Å². The van der Waals surface area contributed by atoms with Gasteiger partial charge < -0.3 is 19.5 Å². The summed E-state index contributed by atoms with van der Waals surface area (Å²) in [7, 11) is 3.25. The fourth-order valence-corrected chi connectivity index (χ4v) is 4.86. The van der Waals surface area contributed by atoms with Gasteiger partial charge in [-0.2, -0.15) is 10.1 Å². The molecule has 170 valence electrons. The van der Waals surface area contributed by atoms with Gasteiger partial charge in [0.1, 0.15) is 24.2 Å². The van der Waals surface area contributed by atoms with E-state index < -0.39 is 6.10 Å². The topological polar surface area (TPSA) is 70.4 Å². The van der Waals surface area contributed by atoms with Crippen LogP contribution in [0.25, 0.3) is 5.70 Å². The Morgan fingerprint density at radius 2 is 1.76 bits per heavy atom. The van der Waals surface area contributed by atoms with Crippen molar-refractivity contribution in [2.45, 2.75) is 12.1 Å². The molecule has 2 atom stereocenters. The molecule has 34 heavy (non-hydrogen) atoms. The van der Waals surface area contributed by atoms with Crippen molar-refractivity contribution in [3.63, 3.8) is 0 Å². The highest BCUT2D eigenvalue weighted by atomic mass is 35.5. The summed E-state index contributed by atoms with van der Waals surface area (Å²) >= 11 is 6.40. The number of halogens is 1. The summed E-state index contributed by atoms with van der Waals surface area (Å²) in [5, 5.41) is 8.67. The molecule has 0 radical (unpaired) electrons. The minimum Gasteiger partial charge on any atom is -0.493 e. The Labute approximate surface area is 201 Å². The molecule has 0 unspecified atom stereocenters. The average molecular weight is 473 g/mol. The molecule has 7 nitrogen and oxygen atoms in total. The van der Waals surface area contributed by atoms with Crippen molar-refractivity contribution in [2.75, 3.05) is 19.5 Å². The van der Waals surface area contributed by atoms with Crippen LogP contribution in [0.1, 0.15) is 28.8 Å². The Balaban J connectivity index is 1.62. The zero-order chi connectivity index (χ0) is 23.2. The predicted molar refractivity (Wildman–Crippen MR) is 130 cm³/mol. The van der Waals surface area contributed by atoms with Crippen molar-refractivity contribution < 1.29 is 14.2 Å². The highest BCUT2D eigenvalue weighted by Crippen LogP contribution is 2.51. The van der Waals surface area contributed by atoms with Gasteiger partial charge >= 0.3 is 0 Å². The van der Waals surface area contributed by atoms with Crippen LogP contribution in [0.2, 0.25) is 5.02 Å². The van der Waals surface area contributed by atoms with Gasteiger partial charge in [0.15, 0.2) is 11.5 Å². The van der Waals surface area contributed by atoms with Gasteiger partial charge in [0.05, 0.1) is 19.9 Å². The minimum atomic E-state index is -0.418. The smallest absolute Gasteiger partial charge is 0.226 e. The first-order chi connectivity index (χ1) is 16.7. The van der Waals surface area contributed by atoms with Crippen molar-refractivity contribution in [3.05, 3.63) is 100 Å². The molecule has 0 aliphatic carbocycles. The third-order valence-corrected chi connectivity index (χ3v) is 6.44. The van der Waals surface area contributed by atoms with Crippen LogP contribution in [-0.2, 0) is 0 Å². The molecule has 3 aromatic carbocycles. The number of benzene rings is 3. The number of ether oxygens (including phenoxy) is 3. The van der Waals surface area contributed by atoms with Gasteiger partial charge in [-0.15, -0.1) is 0 Å². The van der Waals surface area contributed by atoms with E-state index in [4.69, 9.17) is 25.8 Å². The lowest BCUT2D eigenvalue weighted by Crippen LogP contribution is -2.32. The number of anilines is 1. The zero-order valence-electron chi connectivity index (χ0n) is 18.5. The number of hydrogen-bond donors (Lipinski definition) is 1. The van der Waals surface area contributed by atoms with Crippen molar-refractivity contribution in [2.24, 2.45) is 0 Å². The van der Waals surface area contributed by atoms with Gasteiger partial charge in [0, 0.05) is 21.7 Å². The molecule has 1 N–H and O–H groups in total. The van der Waals surface area contributed by atoms with Crippen LogP contribution in [0, 0.1) is 0 Å². The fraction of sp³-hybridized carbons (Fsp3) is 0.154. The van der Waals surface area contributed by atoms with Gasteiger partial charge in [-0.05, 0) is 35.9 Å². The van der Waals surface area contributed by atoms with Gasteiger partial charge in [0.2, 0.25) is 5.95 Å². The van der Waals surface area contributed by atoms with E-state index in [-0.39, 0.29) is 6.04 Å². The molecule has 3 heterocycles. The molecule has 2 aliphatic heterocycles. The van der Waals surface area contributed by atoms with Gasteiger partial charge in [-0.3, -0.25) is 0 Å². The van der Waals surface area contributed by atoms with Crippen LogP contribution in [0.5, 0.6) is 17.2 Å². The van der Waals surface area contributed by atoms with E-state index in [1.165, 1.54) is 0 Å². The molecule has 1 aromatic heterocycles. The second kappa shape index (κ2) is 8.11. The lowest BCUT2D eigenvalue weighted by Gasteiger charge is -2.39. The molecule has 6 rings (SSSR count). The van der Waals surface area contributed by atoms with Gasteiger partial charge in [-0.1, -0.05) is 48.0 Å². The Morgan fingerprint density at radius 1 is 0.941 bits per heavy atom. The number of fused-ring (bicyclic) bond motifs is 3. The first-order valence-corrected chi connectivity index (χ1v) is 11.2. The maximum atomic E-state index is 6.64. The van der Waals surface area contributed by atoms with Crippen molar-refractivity contribution in [3.8, 4) is 17.2 Å². The molecule has 0 spiro atoms. The lowest BCUT2D eigenvalue weighted by atomic mass is 9.84. The van der Waals surface area contributed by atoms with E-state index >= 15 is 0 Å². The third-order valence-electron chi connectivity index (χ3n) is 6.20. The summed E-state index contributed by atoms with van der Waals surface area (Å²) in [6, 6.07) is 21.5. The maximum absolute atomic E-state index is 6.64. The van der Waals surface area contributed by atoms with E-state index in [1.807, 2.05) is 59.3 Å².